The maximum absolute atomic E-state index is 12.8. The molecular weight excluding hydrogens is 370 g/mol. The highest BCUT2D eigenvalue weighted by Crippen LogP contribution is 2.38. The summed E-state index contributed by atoms with van der Waals surface area (Å²) in [5, 5.41) is 0. The Labute approximate surface area is 171 Å². The van der Waals surface area contributed by atoms with Crippen molar-refractivity contribution in [2.75, 3.05) is 27.4 Å². The normalized spacial score (nSPS) is 15.8. The Balaban J connectivity index is 1.67. The number of benzene rings is 2. The van der Waals surface area contributed by atoms with Gasteiger partial charge >= 0.3 is 0 Å². The zero-order chi connectivity index (χ0) is 20.8. The molecule has 29 heavy (non-hydrogen) atoms. The molecule has 154 valence electrons. The van der Waals surface area contributed by atoms with Crippen LogP contribution in [0.2, 0.25) is 0 Å². The van der Waals surface area contributed by atoms with E-state index in [-0.39, 0.29) is 24.3 Å². The van der Waals surface area contributed by atoms with E-state index in [1.165, 1.54) is 0 Å². The molecule has 2 aromatic rings. The highest BCUT2D eigenvalue weighted by atomic mass is 16.5. The second kappa shape index (κ2) is 9.45. The lowest BCUT2D eigenvalue weighted by Gasteiger charge is -2.26. The van der Waals surface area contributed by atoms with Crippen molar-refractivity contribution in [2.45, 2.75) is 32.2 Å². The average molecular weight is 397 g/mol. The van der Waals surface area contributed by atoms with Crippen LogP contribution in [0.3, 0.4) is 0 Å². The van der Waals surface area contributed by atoms with E-state index in [1.807, 2.05) is 30.0 Å². The molecule has 6 heteroatoms. The largest absolute Gasteiger partial charge is 0.497 e. The smallest absolute Gasteiger partial charge is 0.261 e. The molecule has 0 saturated carbocycles. The lowest BCUT2D eigenvalue weighted by atomic mass is 10.0. The Morgan fingerprint density at radius 2 is 1.76 bits per heavy atom. The van der Waals surface area contributed by atoms with Gasteiger partial charge in [0.25, 0.3) is 5.91 Å². The molecule has 1 fully saturated rings. The molecule has 0 spiro atoms. The van der Waals surface area contributed by atoms with Crippen molar-refractivity contribution in [1.29, 1.82) is 0 Å². The number of hydrogen-bond donors (Lipinski definition) is 0. The van der Waals surface area contributed by atoms with Gasteiger partial charge in [0.05, 0.1) is 20.3 Å². The fourth-order valence-electron chi connectivity index (χ4n) is 3.65. The first-order chi connectivity index (χ1) is 14.1. The van der Waals surface area contributed by atoms with E-state index >= 15 is 0 Å². The van der Waals surface area contributed by atoms with Crippen molar-refractivity contribution < 1.29 is 23.8 Å². The Morgan fingerprint density at radius 1 is 1.03 bits per heavy atom. The van der Waals surface area contributed by atoms with Crippen LogP contribution in [0.25, 0.3) is 0 Å². The minimum absolute atomic E-state index is 0.0449. The van der Waals surface area contributed by atoms with Gasteiger partial charge < -0.3 is 19.1 Å². The van der Waals surface area contributed by atoms with Crippen LogP contribution in [-0.4, -0.2) is 44.0 Å². The standard InChI is InChI=1S/C23H27NO5/c1-4-21(25)16-7-9-17(10-8-16)29-15-23(26)24-13-5-6-20(24)19-12-11-18(27-2)14-22(19)28-3/h7-12,14,20H,4-6,13,15H2,1-3H3. The first-order valence-electron chi connectivity index (χ1n) is 9.84. The predicted octanol–water partition coefficient (Wildman–Crippen LogP) is 4.04. The van der Waals surface area contributed by atoms with Crippen LogP contribution in [0, 0.1) is 0 Å². The Kier molecular flexibility index (Phi) is 6.75. The molecule has 3 rings (SSSR count). The number of carbonyl (C=O) groups is 2. The van der Waals surface area contributed by atoms with Crippen molar-refractivity contribution >= 4 is 11.7 Å². The SMILES string of the molecule is CCC(=O)c1ccc(OCC(=O)N2CCCC2c2ccc(OC)cc2OC)cc1. The molecule has 0 radical (unpaired) electrons. The van der Waals surface area contributed by atoms with Gasteiger partial charge in [0.1, 0.15) is 17.2 Å². The number of likely N-dealkylation sites (tertiary alicyclic amines) is 1. The molecule has 0 aromatic heterocycles. The highest BCUT2D eigenvalue weighted by molar-refractivity contribution is 5.95. The Morgan fingerprint density at radius 3 is 2.41 bits per heavy atom. The zero-order valence-electron chi connectivity index (χ0n) is 17.1. The number of nitrogens with zero attached hydrogens (tertiary/aromatic N) is 1. The molecule has 0 N–H and O–H groups in total. The van der Waals surface area contributed by atoms with E-state index in [9.17, 15) is 9.59 Å². The predicted molar refractivity (Wildman–Crippen MR) is 110 cm³/mol. The Bertz CT molecular complexity index is 862. The van der Waals surface area contributed by atoms with Gasteiger partial charge in [0.15, 0.2) is 12.4 Å². The molecular formula is C23H27NO5. The second-order valence-electron chi connectivity index (χ2n) is 6.94. The number of methoxy groups -OCH3 is 2. The summed E-state index contributed by atoms with van der Waals surface area (Å²) in [5.41, 5.74) is 1.62. The fourth-order valence-corrected chi connectivity index (χ4v) is 3.65. The number of Topliss-reactive ketones (excluding diaryl/α,β-unsaturated/α-hetero) is 1. The Hall–Kier alpha value is -3.02. The molecule has 1 unspecified atom stereocenters. The van der Waals surface area contributed by atoms with Crippen molar-refractivity contribution in [2.24, 2.45) is 0 Å². The van der Waals surface area contributed by atoms with Crippen LogP contribution in [0.1, 0.15) is 48.1 Å². The number of ether oxygens (including phenoxy) is 3. The van der Waals surface area contributed by atoms with Crippen molar-refractivity contribution in [1.82, 2.24) is 4.90 Å². The highest BCUT2D eigenvalue weighted by Gasteiger charge is 2.32. The molecule has 6 nitrogen and oxygen atoms in total. The van der Waals surface area contributed by atoms with Gasteiger partial charge in [-0.3, -0.25) is 9.59 Å². The number of rotatable bonds is 8. The summed E-state index contributed by atoms with van der Waals surface area (Å²) in [7, 11) is 3.23. The van der Waals surface area contributed by atoms with Gasteiger partial charge in [-0.05, 0) is 49.2 Å². The van der Waals surface area contributed by atoms with E-state index in [4.69, 9.17) is 14.2 Å². The monoisotopic (exact) mass is 397 g/mol. The van der Waals surface area contributed by atoms with Crippen LogP contribution in [-0.2, 0) is 4.79 Å². The van der Waals surface area contributed by atoms with E-state index in [1.54, 1.807) is 38.5 Å². The maximum Gasteiger partial charge on any atom is 0.261 e. The van der Waals surface area contributed by atoms with Gasteiger partial charge in [-0.1, -0.05) is 6.92 Å². The maximum atomic E-state index is 12.8. The summed E-state index contributed by atoms with van der Waals surface area (Å²) in [5.74, 6) is 2.02. The van der Waals surface area contributed by atoms with Crippen LogP contribution < -0.4 is 14.2 Å². The number of amides is 1. The van der Waals surface area contributed by atoms with E-state index in [0.29, 0.717) is 30.0 Å². The van der Waals surface area contributed by atoms with Gasteiger partial charge in [0.2, 0.25) is 0 Å². The molecule has 0 bridgehead atoms. The van der Waals surface area contributed by atoms with Crippen molar-refractivity contribution in [3.63, 3.8) is 0 Å². The third kappa shape index (κ3) is 4.70. The number of ketones is 1. The third-order valence-corrected chi connectivity index (χ3v) is 5.23. The molecule has 1 saturated heterocycles. The minimum Gasteiger partial charge on any atom is -0.497 e. The van der Waals surface area contributed by atoms with Gasteiger partial charge in [-0.25, -0.2) is 0 Å². The molecule has 2 aromatic carbocycles. The van der Waals surface area contributed by atoms with Gasteiger partial charge in [-0.2, -0.15) is 0 Å². The number of hydrogen-bond acceptors (Lipinski definition) is 5. The number of carbonyl (C=O) groups excluding carboxylic acids is 2. The van der Waals surface area contributed by atoms with Crippen molar-refractivity contribution in [3.05, 3.63) is 53.6 Å². The van der Waals surface area contributed by atoms with E-state index in [0.717, 1.165) is 24.2 Å². The van der Waals surface area contributed by atoms with E-state index < -0.39 is 0 Å². The molecule has 1 heterocycles. The van der Waals surface area contributed by atoms with Gasteiger partial charge in [-0.15, -0.1) is 0 Å². The topological polar surface area (TPSA) is 65.1 Å². The molecule has 0 aliphatic carbocycles. The quantitative estimate of drug-likeness (QED) is 0.629. The zero-order valence-corrected chi connectivity index (χ0v) is 17.1. The summed E-state index contributed by atoms with van der Waals surface area (Å²) in [6.07, 6.45) is 2.27. The lowest BCUT2D eigenvalue weighted by Crippen LogP contribution is -2.34. The summed E-state index contributed by atoms with van der Waals surface area (Å²) in [6, 6.07) is 12.5. The fraction of sp³-hybridized carbons (Fsp3) is 0.391. The lowest BCUT2D eigenvalue weighted by molar-refractivity contribution is -0.134. The first-order valence-corrected chi connectivity index (χ1v) is 9.84. The van der Waals surface area contributed by atoms with Crippen LogP contribution in [0.5, 0.6) is 17.2 Å². The van der Waals surface area contributed by atoms with Crippen LogP contribution in [0.4, 0.5) is 0 Å². The minimum atomic E-state index is -0.0703. The average Bonchev–Trinajstić information content (AvgIpc) is 3.26. The molecule has 1 atom stereocenters. The van der Waals surface area contributed by atoms with Crippen LogP contribution >= 0.6 is 0 Å². The van der Waals surface area contributed by atoms with Crippen molar-refractivity contribution in [3.8, 4) is 17.2 Å². The van der Waals surface area contributed by atoms with Crippen LogP contribution in [0.15, 0.2) is 42.5 Å². The third-order valence-electron chi connectivity index (χ3n) is 5.23. The summed E-state index contributed by atoms with van der Waals surface area (Å²) in [6.45, 7) is 2.47. The molecule has 1 aliphatic heterocycles. The summed E-state index contributed by atoms with van der Waals surface area (Å²) >= 11 is 0. The van der Waals surface area contributed by atoms with E-state index in [2.05, 4.69) is 0 Å². The van der Waals surface area contributed by atoms with Gasteiger partial charge in [0, 0.05) is 30.2 Å². The first kappa shape index (κ1) is 20.7. The molecule has 1 aliphatic rings. The summed E-state index contributed by atoms with van der Waals surface area (Å²) in [4.78, 5) is 26.4. The summed E-state index contributed by atoms with van der Waals surface area (Å²) < 4.78 is 16.5. The second-order valence-corrected chi connectivity index (χ2v) is 6.94. The molecule has 1 amide bonds.